The molecule has 0 aromatic heterocycles. The molecule has 2 aliphatic heterocycles. The zero-order valence-electron chi connectivity index (χ0n) is 19.0. The van der Waals surface area contributed by atoms with E-state index in [0.29, 0.717) is 25.0 Å². The minimum atomic E-state index is 0.0436. The van der Waals surface area contributed by atoms with E-state index >= 15 is 0 Å². The molecule has 31 heavy (non-hydrogen) atoms. The van der Waals surface area contributed by atoms with Crippen LogP contribution >= 0.6 is 0 Å². The van der Waals surface area contributed by atoms with Crippen molar-refractivity contribution in [3.63, 3.8) is 0 Å². The average Bonchev–Trinajstić information content (AvgIpc) is 2.80. The number of nitrogens with zero attached hydrogens (tertiary/aromatic N) is 3. The van der Waals surface area contributed by atoms with Crippen molar-refractivity contribution in [2.75, 3.05) is 51.1 Å². The number of carbonyl (C=O) groups excluding carboxylic acids is 2. The summed E-state index contributed by atoms with van der Waals surface area (Å²) in [4.78, 5) is 32.2. The Morgan fingerprint density at radius 1 is 0.903 bits per heavy atom. The summed E-state index contributed by atoms with van der Waals surface area (Å²) in [6.07, 6.45) is 8.48. The standard InChI is InChI=1S/C25H38N4O2/c1-2-20-8-3-5-11-22(20)26-24(30)18-27-14-16-28(17-15-27)19-25(31)29-13-7-10-21-9-4-6-12-23(21)29/h3,5,8,11,21,23H,2,4,6-7,9-10,12-19H2,1H3,(H,26,30)/t21-,23+/m0/s1. The average molecular weight is 427 g/mol. The second-order valence-electron chi connectivity index (χ2n) is 9.45. The van der Waals surface area contributed by atoms with Gasteiger partial charge in [-0.25, -0.2) is 0 Å². The molecule has 6 heteroatoms. The van der Waals surface area contributed by atoms with Crippen molar-refractivity contribution in [3.8, 4) is 0 Å². The van der Waals surface area contributed by atoms with Crippen molar-refractivity contribution in [1.29, 1.82) is 0 Å². The number of carbonyl (C=O) groups is 2. The van der Waals surface area contributed by atoms with Gasteiger partial charge in [0.1, 0.15) is 0 Å². The first-order valence-electron chi connectivity index (χ1n) is 12.3. The number of nitrogens with one attached hydrogen (secondary N) is 1. The van der Waals surface area contributed by atoms with Crippen molar-refractivity contribution in [3.05, 3.63) is 29.8 Å². The molecule has 2 atom stereocenters. The van der Waals surface area contributed by atoms with E-state index in [1.807, 2.05) is 18.2 Å². The Kier molecular flexibility index (Phi) is 7.62. The summed E-state index contributed by atoms with van der Waals surface area (Å²) in [5, 5.41) is 3.07. The maximum absolute atomic E-state index is 13.1. The molecule has 0 bridgehead atoms. The predicted molar refractivity (Wildman–Crippen MR) is 124 cm³/mol. The van der Waals surface area contributed by atoms with Gasteiger partial charge in [-0.05, 0) is 49.7 Å². The van der Waals surface area contributed by atoms with Crippen LogP contribution in [0, 0.1) is 5.92 Å². The monoisotopic (exact) mass is 426 g/mol. The number of anilines is 1. The fourth-order valence-electron chi connectivity index (χ4n) is 5.67. The zero-order valence-corrected chi connectivity index (χ0v) is 19.0. The van der Waals surface area contributed by atoms with Gasteiger partial charge in [0.25, 0.3) is 0 Å². The van der Waals surface area contributed by atoms with Crippen LogP contribution in [-0.2, 0) is 16.0 Å². The van der Waals surface area contributed by atoms with Gasteiger partial charge in [-0.2, -0.15) is 0 Å². The third-order valence-corrected chi connectivity index (χ3v) is 7.43. The molecule has 170 valence electrons. The normalized spacial score (nSPS) is 25.1. The van der Waals surface area contributed by atoms with Gasteiger partial charge in [-0.15, -0.1) is 0 Å². The van der Waals surface area contributed by atoms with E-state index in [4.69, 9.17) is 0 Å². The molecule has 3 aliphatic rings. The van der Waals surface area contributed by atoms with Crippen LogP contribution in [0.4, 0.5) is 5.69 Å². The Balaban J connectivity index is 1.21. The van der Waals surface area contributed by atoms with Crippen LogP contribution in [0.15, 0.2) is 24.3 Å². The molecule has 0 spiro atoms. The molecule has 2 amide bonds. The summed E-state index contributed by atoms with van der Waals surface area (Å²) in [7, 11) is 0. The van der Waals surface area contributed by atoms with Gasteiger partial charge < -0.3 is 10.2 Å². The molecule has 1 saturated carbocycles. The molecule has 1 aromatic rings. The zero-order chi connectivity index (χ0) is 21.6. The summed E-state index contributed by atoms with van der Waals surface area (Å²) in [5.74, 6) is 1.10. The van der Waals surface area contributed by atoms with Gasteiger partial charge in [-0.1, -0.05) is 38.0 Å². The highest BCUT2D eigenvalue weighted by Gasteiger charge is 2.36. The van der Waals surface area contributed by atoms with E-state index in [9.17, 15) is 9.59 Å². The van der Waals surface area contributed by atoms with Crippen LogP contribution in [-0.4, -0.2) is 78.4 Å². The fourth-order valence-corrected chi connectivity index (χ4v) is 5.67. The Morgan fingerprint density at radius 3 is 2.35 bits per heavy atom. The first-order chi connectivity index (χ1) is 15.1. The van der Waals surface area contributed by atoms with Crippen molar-refractivity contribution in [2.45, 2.75) is 57.9 Å². The lowest BCUT2D eigenvalue weighted by Crippen LogP contribution is -2.55. The van der Waals surface area contributed by atoms with E-state index in [0.717, 1.165) is 62.7 Å². The lowest BCUT2D eigenvalue weighted by Gasteiger charge is -2.45. The van der Waals surface area contributed by atoms with Crippen molar-refractivity contribution >= 4 is 17.5 Å². The smallest absolute Gasteiger partial charge is 0.238 e. The van der Waals surface area contributed by atoms with Crippen LogP contribution in [0.1, 0.15) is 51.0 Å². The number of benzene rings is 1. The van der Waals surface area contributed by atoms with Crippen molar-refractivity contribution in [2.24, 2.45) is 5.92 Å². The minimum Gasteiger partial charge on any atom is -0.338 e. The van der Waals surface area contributed by atoms with Gasteiger partial charge in [0, 0.05) is 44.5 Å². The molecule has 2 heterocycles. The number of hydrogen-bond acceptors (Lipinski definition) is 4. The maximum Gasteiger partial charge on any atom is 0.238 e. The highest BCUT2D eigenvalue weighted by atomic mass is 16.2. The van der Waals surface area contributed by atoms with Gasteiger partial charge in [0.15, 0.2) is 0 Å². The number of piperazine rings is 1. The minimum absolute atomic E-state index is 0.0436. The lowest BCUT2D eigenvalue weighted by atomic mass is 9.78. The van der Waals surface area contributed by atoms with Crippen molar-refractivity contribution < 1.29 is 9.59 Å². The Morgan fingerprint density at radius 2 is 1.58 bits per heavy atom. The summed E-state index contributed by atoms with van der Waals surface area (Å²) < 4.78 is 0. The van der Waals surface area contributed by atoms with Gasteiger partial charge >= 0.3 is 0 Å². The van der Waals surface area contributed by atoms with Gasteiger partial charge in [0.05, 0.1) is 13.1 Å². The summed E-state index contributed by atoms with van der Waals surface area (Å²) in [5.41, 5.74) is 2.08. The third kappa shape index (κ3) is 5.66. The first kappa shape index (κ1) is 22.3. The van der Waals surface area contributed by atoms with E-state index in [1.54, 1.807) is 0 Å². The Labute approximate surface area is 187 Å². The number of amides is 2. The summed E-state index contributed by atoms with van der Waals surface area (Å²) in [6, 6.07) is 8.49. The van der Waals surface area contributed by atoms with E-state index < -0.39 is 0 Å². The summed E-state index contributed by atoms with van der Waals surface area (Å²) >= 11 is 0. The molecule has 1 aromatic carbocycles. The molecule has 6 nitrogen and oxygen atoms in total. The van der Waals surface area contributed by atoms with Gasteiger partial charge in [-0.3, -0.25) is 19.4 Å². The Hall–Kier alpha value is -1.92. The third-order valence-electron chi connectivity index (χ3n) is 7.43. The molecule has 2 saturated heterocycles. The molecule has 0 radical (unpaired) electrons. The van der Waals surface area contributed by atoms with E-state index in [2.05, 4.69) is 33.0 Å². The van der Waals surface area contributed by atoms with Crippen molar-refractivity contribution in [1.82, 2.24) is 14.7 Å². The van der Waals surface area contributed by atoms with E-state index in [-0.39, 0.29) is 5.91 Å². The molecular formula is C25H38N4O2. The molecular weight excluding hydrogens is 388 g/mol. The molecule has 3 fully saturated rings. The van der Waals surface area contributed by atoms with Crippen LogP contribution in [0.25, 0.3) is 0 Å². The topological polar surface area (TPSA) is 55.9 Å². The highest BCUT2D eigenvalue weighted by Crippen LogP contribution is 2.35. The van der Waals surface area contributed by atoms with Crippen LogP contribution < -0.4 is 5.32 Å². The largest absolute Gasteiger partial charge is 0.338 e. The SMILES string of the molecule is CCc1ccccc1NC(=O)CN1CCN(CC(=O)N2CCC[C@@H]3CCCC[C@H]32)CC1. The highest BCUT2D eigenvalue weighted by molar-refractivity contribution is 5.93. The molecule has 0 unspecified atom stereocenters. The van der Waals surface area contributed by atoms with Crippen LogP contribution in [0.5, 0.6) is 0 Å². The predicted octanol–water partition coefficient (Wildman–Crippen LogP) is 2.99. The van der Waals surface area contributed by atoms with Gasteiger partial charge in [0.2, 0.25) is 11.8 Å². The molecule has 1 N–H and O–H groups in total. The second kappa shape index (κ2) is 10.6. The Bertz CT molecular complexity index is 758. The van der Waals surface area contributed by atoms with E-state index in [1.165, 1.54) is 32.1 Å². The van der Waals surface area contributed by atoms with Crippen LogP contribution in [0.2, 0.25) is 0 Å². The summed E-state index contributed by atoms with van der Waals surface area (Å²) in [6.45, 7) is 7.37. The number of rotatable bonds is 6. The molecule has 4 rings (SSSR count). The number of hydrogen-bond donors (Lipinski definition) is 1. The fraction of sp³-hybridized carbons (Fsp3) is 0.680. The number of fused-ring (bicyclic) bond motifs is 1. The maximum atomic E-state index is 13.1. The lowest BCUT2D eigenvalue weighted by molar-refractivity contribution is -0.139. The first-order valence-corrected chi connectivity index (χ1v) is 12.3. The quantitative estimate of drug-likeness (QED) is 0.760. The number of para-hydroxylation sites is 1. The number of aryl methyl sites for hydroxylation is 1. The van der Waals surface area contributed by atoms with Crippen LogP contribution in [0.3, 0.4) is 0 Å². The molecule has 1 aliphatic carbocycles. The number of likely N-dealkylation sites (tertiary alicyclic amines) is 1. The second-order valence-corrected chi connectivity index (χ2v) is 9.45. The number of piperidine rings is 1.